The minimum absolute atomic E-state index is 0.239. The molecule has 1 aromatic carbocycles. The molecule has 0 spiro atoms. The summed E-state index contributed by atoms with van der Waals surface area (Å²) >= 11 is 0. The quantitative estimate of drug-likeness (QED) is 0.600. The molecule has 0 fully saturated rings. The largest absolute Gasteiger partial charge is 0.508 e. The molecule has 114 valence electrons. The standard InChI is InChI=1S/C18H15N3O2/c22-14-8-6-13(7-9-14)17-18(19-12-15-4-3-11-23-15)21-10-2-1-5-16(21)20-17/h1-11,19,22H,12H2. The summed E-state index contributed by atoms with van der Waals surface area (Å²) in [5.41, 5.74) is 2.63. The van der Waals surface area contributed by atoms with Crippen molar-refractivity contribution in [2.75, 3.05) is 5.32 Å². The molecule has 0 aliphatic rings. The molecule has 23 heavy (non-hydrogen) atoms. The second-order valence-corrected chi connectivity index (χ2v) is 5.22. The maximum atomic E-state index is 9.49. The van der Waals surface area contributed by atoms with Gasteiger partial charge >= 0.3 is 0 Å². The van der Waals surface area contributed by atoms with Gasteiger partial charge in [0.2, 0.25) is 0 Å². The smallest absolute Gasteiger partial charge is 0.139 e. The van der Waals surface area contributed by atoms with Gasteiger partial charge in [0, 0.05) is 11.8 Å². The van der Waals surface area contributed by atoms with Crippen molar-refractivity contribution in [3.05, 3.63) is 72.8 Å². The summed E-state index contributed by atoms with van der Waals surface area (Å²) in [6, 6.07) is 16.7. The van der Waals surface area contributed by atoms with Crippen LogP contribution in [0, 0.1) is 0 Å². The number of aromatic nitrogens is 2. The fourth-order valence-corrected chi connectivity index (χ4v) is 2.57. The Balaban J connectivity index is 1.79. The van der Waals surface area contributed by atoms with Crippen LogP contribution in [0.2, 0.25) is 0 Å². The lowest BCUT2D eigenvalue weighted by molar-refractivity contribution is 0.475. The number of aromatic hydroxyl groups is 1. The molecule has 0 bridgehead atoms. The van der Waals surface area contributed by atoms with E-state index in [2.05, 4.69) is 5.32 Å². The number of nitrogens with zero attached hydrogens (tertiary/aromatic N) is 2. The topological polar surface area (TPSA) is 62.7 Å². The van der Waals surface area contributed by atoms with Crippen molar-refractivity contribution in [3.63, 3.8) is 0 Å². The first-order valence-corrected chi connectivity index (χ1v) is 7.34. The Kier molecular flexibility index (Phi) is 3.24. The van der Waals surface area contributed by atoms with Gasteiger partial charge in [-0.15, -0.1) is 0 Å². The van der Waals surface area contributed by atoms with Crippen molar-refractivity contribution < 1.29 is 9.52 Å². The van der Waals surface area contributed by atoms with E-state index < -0.39 is 0 Å². The third-order valence-electron chi connectivity index (χ3n) is 3.68. The van der Waals surface area contributed by atoms with Crippen LogP contribution in [0.15, 0.2) is 71.5 Å². The van der Waals surface area contributed by atoms with Gasteiger partial charge in [0.25, 0.3) is 0 Å². The van der Waals surface area contributed by atoms with Gasteiger partial charge in [0.1, 0.15) is 28.7 Å². The first-order chi connectivity index (χ1) is 11.3. The summed E-state index contributed by atoms with van der Waals surface area (Å²) in [5.74, 6) is 1.98. The number of imidazole rings is 1. The number of nitrogens with one attached hydrogen (secondary N) is 1. The summed E-state index contributed by atoms with van der Waals surface area (Å²) in [4.78, 5) is 4.70. The van der Waals surface area contributed by atoms with E-state index in [0.29, 0.717) is 6.54 Å². The molecular formula is C18H15N3O2. The second kappa shape index (κ2) is 5.53. The molecule has 3 heterocycles. The predicted octanol–water partition coefficient (Wildman–Crippen LogP) is 3.91. The minimum Gasteiger partial charge on any atom is -0.508 e. The number of phenols is 1. The Labute approximate surface area is 132 Å². The summed E-state index contributed by atoms with van der Waals surface area (Å²) < 4.78 is 7.39. The molecule has 4 rings (SSSR count). The van der Waals surface area contributed by atoms with Crippen LogP contribution in [0.3, 0.4) is 0 Å². The van der Waals surface area contributed by atoms with Gasteiger partial charge < -0.3 is 14.8 Å². The highest BCUT2D eigenvalue weighted by atomic mass is 16.3. The lowest BCUT2D eigenvalue weighted by Crippen LogP contribution is -2.02. The Hall–Kier alpha value is -3.21. The molecule has 0 atom stereocenters. The van der Waals surface area contributed by atoms with E-state index in [-0.39, 0.29) is 5.75 Å². The van der Waals surface area contributed by atoms with Gasteiger partial charge in [-0.25, -0.2) is 4.98 Å². The Morgan fingerprint density at radius 2 is 1.91 bits per heavy atom. The molecule has 5 heteroatoms. The van der Waals surface area contributed by atoms with Crippen LogP contribution in [-0.2, 0) is 6.54 Å². The zero-order chi connectivity index (χ0) is 15.6. The van der Waals surface area contributed by atoms with Crippen LogP contribution < -0.4 is 5.32 Å². The van der Waals surface area contributed by atoms with Gasteiger partial charge in [0.05, 0.1) is 12.8 Å². The van der Waals surface area contributed by atoms with E-state index in [9.17, 15) is 5.11 Å². The predicted molar refractivity (Wildman–Crippen MR) is 88.3 cm³/mol. The van der Waals surface area contributed by atoms with Crippen molar-refractivity contribution in [2.24, 2.45) is 0 Å². The normalized spacial score (nSPS) is 11.0. The van der Waals surface area contributed by atoms with Crippen LogP contribution in [0.5, 0.6) is 5.75 Å². The van der Waals surface area contributed by atoms with Gasteiger partial charge in [-0.1, -0.05) is 6.07 Å². The van der Waals surface area contributed by atoms with Gasteiger partial charge in [0.15, 0.2) is 0 Å². The number of furan rings is 1. The Morgan fingerprint density at radius 1 is 1.04 bits per heavy atom. The third-order valence-corrected chi connectivity index (χ3v) is 3.68. The first kappa shape index (κ1) is 13.5. The van der Waals surface area contributed by atoms with Gasteiger partial charge in [-0.3, -0.25) is 4.40 Å². The van der Waals surface area contributed by atoms with Crippen LogP contribution in [0.4, 0.5) is 5.82 Å². The van der Waals surface area contributed by atoms with E-state index in [4.69, 9.17) is 9.40 Å². The van der Waals surface area contributed by atoms with Crippen LogP contribution in [0.25, 0.3) is 16.9 Å². The molecule has 0 saturated carbocycles. The molecule has 0 unspecified atom stereocenters. The minimum atomic E-state index is 0.239. The number of hydrogen-bond acceptors (Lipinski definition) is 4. The monoisotopic (exact) mass is 305 g/mol. The van der Waals surface area contributed by atoms with E-state index in [1.165, 1.54) is 0 Å². The van der Waals surface area contributed by atoms with Crippen molar-refractivity contribution >= 4 is 11.5 Å². The van der Waals surface area contributed by atoms with E-state index in [0.717, 1.165) is 28.5 Å². The average Bonchev–Trinajstić information content (AvgIpc) is 3.21. The number of pyridine rings is 1. The number of anilines is 1. The van der Waals surface area contributed by atoms with E-state index in [1.54, 1.807) is 18.4 Å². The fourth-order valence-electron chi connectivity index (χ4n) is 2.57. The summed E-state index contributed by atoms with van der Waals surface area (Å²) in [5, 5.41) is 12.9. The summed E-state index contributed by atoms with van der Waals surface area (Å²) in [6.07, 6.45) is 3.63. The number of benzene rings is 1. The summed E-state index contributed by atoms with van der Waals surface area (Å²) in [7, 11) is 0. The van der Waals surface area contributed by atoms with Crippen molar-refractivity contribution in [3.8, 4) is 17.0 Å². The molecule has 4 aromatic rings. The molecule has 0 radical (unpaired) electrons. The molecule has 0 saturated heterocycles. The average molecular weight is 305 g/mol. The number of rotatable bonds is 4. The summed E-state index contributed by atoms with van der Waals surface area (Å²) in [6.45, 7) is 0.570. The maximum Gasteiger partial charge on any atom is 0.139 e. The van der Waals surface area contributed by atoms with Gasteiger partial charge in [-0.05, 0) is 48.5 Å². The molecule has 0 aliphatic heterocycles. The Morgan fingerprint density at radius 3 is 2.70 bits per heavy atom. The van der Waals surface area contributed by atoms with Crippen molar-refractivity contribution in [2.45, 2.75) is 6.54 Å². The lowest BCUT2D eigenvalue weighted by atomic mass is 10.1. The molecule has 3 aromatic heterocycles. The van der Waals surface area contributed by atoms with Crippen molar-refractivity contribution in [1.29, 1.82) is 0 Å². The molecule has 2 N–H and O–H groups in total. The van der Waals surface area contributed by atoms with Crippen molar-refractivity contribution in [1.82, 2.24) is 9.38 Å². The number of hydrogen-bond donors (Lipinski definition) is 2. The second-order valence-electron chi connectivity index (χ2n) is 5.22. The molecular weight excluding hydrogens is 290 g/mol. The van der Waals surface area contributed by atoms with Crippen LogP contribution >= 0.6 is 0 Å². The molecule has 0 aliphatic carbocycles. The fraction of sp³-hybridized carbons (Fsp3) is 0.0556. The van der Waals surface area contributed by atoms with E-state index >= 15 is 0 Å². The number of phenolic OH excluding ortho intramolecular Hbond substituents is 1. The van der Waals surface area contributed by atoms with Crippen LogP contribution in [0.1, 0.15) is 5.76 Å². The highest BCUT2D eigenvalue weighted by Gasteiger charge is 2.14. The highest BCUT2D eigenvalue weighted by molar-refractivity contribution is 5.76. The van der Waals surface area contributed by atoms with E-state index in [1.807, 2.05) is 53.1 Å². The zero-order valence-electron chi connectivity index (χ0n) is 12.3. The third kappa shape index (κ3) is 2.53. The first-order valence-electron chi connectivity index (χ1n) is 7.34. The highest BCUT2D eigenvalue weighted by Crippen LogP contribution is 2.30. The van der Waals surface area contributed by atoms with Crippen LogP contribution in [-0.4, -0.2) is 14.5 Å². The molecule has 0 amide bonds. The zero-order valence-corrected chi connectivity index (χ0v) is 12.3. The maximum absolute atomic E-state index is 9.49. The Bertz CT molecular complexity index is 925. The lowest BCUT2D eigenvalue weighted by Gasteiger charge is -2.07. The SMILES string of the molecule is Oc1ccc(-c2nc3ccccn3c2NCc2ccco2)cc1. The molecule has 5 nitrogen and oxygen atoms in total. The number of fused-ring (bicyclic) bond motifs is 1. The van der Waals surface area contributed by atoms with Gasteiger partial charge in [-0.2, -0.15) is 0 Å².